The first-order chi connectivity index (χ1) is 5.72. The number of piperidine rings is 1. The molecule has 1 unspecified atom stereocenters. The number of hydrogen-bond acceptors (Lipinski definition) is 2. The Bertz CT molecular complexity index is 208. The standard InChI is InChI=1S/C10H16N2/c1-8-10-6-4-5-7-12(10)9(2)11(8)3/h10H,1-2,4-7H2,3H3. The highest BCUT2D eigenvalue weighted by molar-refractivity contribution is 5.22. The molecule has 0 aromatic carbocycles. The van der Waals surface area contributed by atoms with E-state index < -0.39 is 0 Å². The van der Waals surface area contributed by atoms with Gasteiger partial charge in [0.1, 0.15) is 5.82 Å². The second-order valence-electron chi connectivity index (χ2n) is 3.67. The van der Waals surface area contributed by atoms with Gasteiger partial charge in [0.15, 0.2) is 0 Å². The number of hydrogen-bond donors (Lipinski definition) is 0. The number of nitrogens with zero attached hydrogens (tertiary/aromatic N) is 2. The minimum atomic E-state index is 0.552. The van der Waals surface area contributed by atoms with Crippen LogP contribution in [0.2, 0.25) is 0 Å². The van der Waals surface area contributed by atoms with Crippen molar-refractivity contribution in [2.75, 3.05) is 13.6 Å². The van der Waals surface area contributed by atoms with Crippen molar-refractivity contribution in [2.24, 2.45) is 0 Å². The fraction of sp³-hybridized carbons (Fsp3) is 0.600. The molecule has 0 spiro atoms. The van der Waals surface area contributed by atoms with Crippen LogP contribution in [0.3, 0.4) is 0 Å². The normalized spacial score (nSPS) is 29.6. The van der Waals surface area contributed by atoms with E-state index in [2.05, 4.69) is 30.0 Å². The summed E-state index contributed by atoms with van der Waals surface area (Å²) in [6.07, 6.45) is 3.89. The Labute approximate surface area is 74.2 Å². The minimum Gasteiger partial charge on any atom is -0.350 e. The fourth-order valence-electron chi connectivity index (χ4n) is 2.17. The van der Waals surface area contributed by atoms with E-state index in [1.807, 2.05) is 0 Å². The Balaban J connectivity index is 2.25. The second-order valence-corrected chi connectivity index (χ2v) is 3.67. The maximum absolute atomic E-state index is 4.09. The summed E-state index contributed by atoms with van der Waals surface area (Å²) in [5.41, 5.74) is 1.22. The largest absolute Gasteiger partial charge is 0.350 e. The zero-order valence-corrected chi connectivity index (χ0v) is 7.71. The van der Waals surface area contributed by atoms with Crippen LogP contribution in [0.4, 0.5) is 0 Å². The quantitative estimate of drug-likeness (QED) is 0.538. The molecule has 0 N–H and O–H groups in total. The molecule has 0 bridgehead atoms. The topological polar surface area (TPSA) is 6.48 Å². The average Bonchev–Trinajstić information content (AvgIpc) is 2.33. The van der Waals surface area contributed by atoms with Crippen LogP contribution in [0, 0.1) is 0 Å². The van der Waals surface area contributed by atoms with Crippen molar-refractivity contribution in [3.63, 3.8) is 0 Å². The van der Waals surface area contributed by atoms with E-state index in [0.717, 1.165) is 12.4 Å². The van der Waals surface area contributed by atoms with Gasteiger partial charge in [-0.25, -0.2) is 0 Å². The zero-order chi connectivity index (χ0) is 8.72. The van der Waals surface area contributed by atoms with Crippen LogP contribution in [0.25, 0.3) is 0 Å². The van der Waals surface area contributed by atoms with Gasteiger partial charge in [-0.3, -0.25) is 0 Å². The molecule has 0 radical (unpaired) electrons. The van der Waals surface area contributed by atoms with E-state index >= 15 is 0 Å². The van der Waals surface area contributed by atoms with Gasteiger partial charge in [0, 0.05) is 19.3 Å². The summed E-state index contributed by atoms with van der Waals surface area (Å²) in [6.45, 7) is 9.31. The van der Waals surface area contributed by atoms with Gasteiger partial charge < -0.3 is 9.80 Å². The van der Waals surface area contributed by atoms with Gasteiger partial charge in [0.25, 0.3) is 0 Å². The highest BCUT2D eigenvalue weighted by atomic mass is 15.4. The summed E-state index contributed by atoms with van der Waals surface area (Å²) in [5, 5.41) is 0. The maximum Gasteiger partial charge on any atom is 0.101 e. The lowest BCUT2D eigenvalue weighted by Gasteiger charge is -2.30. The average molecular weight is 164 g/mol. The van der Waals surface area contributed by atoms with Gasteiger partial charge in [-0.2, -0.15) is 0 Å². The smallest absolute Gasteiger partial charge is 0.101 e. The van der Waals surface area contributed by atoms with Crippen molar-refractivity contribution in [3.05, 3.63) is 24.7 Å². The third kappa shape index (κ3) is 0.872. The first kappa shape index (κ1) is 7.71. The number of fused-ring (bicyclic) bond motifs is 1. The van der Waals surface area contributed by atoms with Crippen LogP contribution < -0.4 is 0 Å². The van der Waals surface area contributed by atoms with Crippen LogP contribution in [-0.4, -0.2) is 29.4 Å². The summed E-state index contributed by atoms with van der Waals surface area (Å²) < 4.78 is 0. The van der Waals surface area contributed by atoms with Gasteiger partial charge in [0.05, 0.1) is 6.04 Å². The third-order valence-corrected chi connectivity index (χ3v) is 3.04. The van der Waals surface area contributed by atoms with Crippen molar-refractivity contribution < 1.29 is 0 Å². The Kier molecular flexibility index (Phi) is 1.63. The molecule has 0 aromatic rings. The lowest BCUT2D eigenvalue weighted by atomic mass is 10.0. The minimum absolute atomic E-state index is 0.552. The highest BCUT2D eigenvalue weighted by Crippen LogP contribution is 2.34. The van der Waals surface area contributed by atoms with E-state index in [1.54, 1.807) is 0 Å². The molecule has 12 heavy (non-hydrogen) atoms. The van der Waals surface area contributed by atoms with Crippen molar-refractivity contribution in [1.82, 2.24) is 9.80 Å². The Morgan fingerprint density at radius 3 is 2.75 bits per heavy atom. The van der Waals surface area contributed by atoms with E-state index in [0.29, 0.717) is 6.04 Å². The predicted octanol–water partition coefficient (Wildman–Crippen LogP) is 1.77. The molecule has 0 amide bonds. The van der Waals surface area contributed by atoms with E-state index in [9.17, 15) is 0 Å². The molecule has 2 rings (SSSR count). The van der Waals surface area contributed by atoms with Gasteiger partial charge in [-0.15, -0.1) is 0 Å². The predicted molar refractivity (Wildman–Crippen MR) is 50.4 cm³/mol. The SMILES string of the molecule is C=C1C2CCCCN2C(=C)N1C. The zero-order valence-electron chi connectivity index (χ0n) is 7.71. The first-order valence-electron chi connectivity index (χ1n) is 4.60. The van der Waals surface area contributed by atoms with Gasteiger partial charge in [-0.1, -0.05) is 13.2 Å². The molecule has 0 aliphatic carbocycles. The molecule has 2 aliphatic heterocycles. The van der Waals surface area contributed by atoms with Crippen LogP contribution in [-0.2, 0) is 0 Å². The lowest BCUT2D eigenvalue weighted by molar-refractivity contribution is 0.245. The van der Waals surface area contributed by atoms with Crippen LogP contribution in [0.15, 0.2) is 24.7 Å². The molecule has 1 atom stereocenters. The number of likely N-dealkylation sites (N-methyl/N-ethyl adjacent to an activating group) is 1. The fourth-order valence-corrected chi connectivity index (χ4v) is 2.17. The van der Waals surface area contributed by atoms with Crippen molar-refractivity contribution in [1.29, 1.82) is 0 Å². The van der Waals surface area contributed by atoms with Gasteiger partial charge in [-0.05, 0) is 19.3 Å². The summed E-state index contributed by atoms with van der Waals surface area (Å²) in [6, 6.07) is 0.552. The molecular weight excluding hydrogens is 148 g/mol. The maximum atomic E-state index is 4.09. The van der Waals surface area contributed by atoms with Gasteiger partial charge in [0.2, 0.25) is 0 Å². The Morgan fingerprint density at radius 2 is 2.08 bits per heavy atom. The first-order valence-corrected chi connectivity index (χ1v) is 4.60. The van der Waals surface area contributed by atoms with Crippen molar-refractivity contribution in [2.45, 2.75) is 25.3 Å². The van der Waals surface area contributed by atoms with Crippen LogP contribution in [0.1, 0.15) is 19.3 Å². The second kappa shape index (κ2) is 2.54. The van der Waals surface area contributed by atoms with Crippen LogP contribution in [0.5, 0.6) is 0 Å². The molecule has 2 nitrogen and oxygen atoms in total. The molecule has 2 saturated heterocycles. The van der Waals surface area contributed by atoms with E-state index in [-0.39, 0.29) is 0 Å². The molecule has 2 aliphatic rings. The van der Waals surface area contributed by atoms with Gasteiger partial charge >= 0.3 is 0 Å². The van der Waals surface area contributed by atoms with Crippen molar-refractivity contribution in [3.8, 4) is 0 Å². The Morgan fingerprint density at radius 1 is 1.33 bits per heavy atom. The van der Waals surface area contributed by atoms with Crippen molar-refractivity contribution >= 4 is 0 Å². The molecule has 2 heterocycles. The number of rotatable bonds is 0. The molecule has 2 fully saturated rings. The van der Waals surface area contributed by atoms with E-state index in [1.165, 1.54) is 25.0 Å². The van der Waals surface area contributed by atoms with E-state index in [4.69, 9.17) is 0 Å². The van der Waals surface area contributed by atoms with Crippen LogP contribution >= 0.6 is 0 Å². The summed E-state index contributed by atoms with van der Waals surface area (Å²) in [7, 11) is 2.06. The Hall–Kier alpha value is -0.920. The summed E-state index contributed by atoms with van der Waals surface area (Å²) in [5.74, 6) is 1.13. The summed E-state index contributed by atoms with van der Waals surface area (Å²) >= 11 is 0. The molecule has 0 aromatic heterocycles. The monoisotopic (exact) mass is 164 g/mol. The lowest BCUT2D eigenvalue weighted by Crippen LogP contribution is -2.33. The third-order valence-electron chi connectivity index (χ3n) is 3.04. The summed E-state index contributed by atoms with van der Waals surface area (Å²) in [4.78, 5) is 4.50. The molecular formula is C10H16N2. The highest BCUT2D eigenvalue weighted by Gasteiger charge is 2.35. The molecule has 66 valence electrons. The molecule has 2 heteroatoms. The molecule has 0 saturated carbocycles.